The second kappa shape index (κ2) is 8.01. The molecule has 2 fully saturated rings. The second-order valence-corrected chi connectivity index (χ2v) is 7.27. The van der Waals surface area contributed by atoms with E-state index in [2.05, 4.69) is 27.8 Å². The Balaban J connectivity index is 1.57. The monoisotopic (exact) mass is 378 g/mol. The third-order valence-electron chi connectivity index (χ3n) is 5.48. The highest BCUT2D eigenvalue weighted by molar-refractivity contribution is 6.08. The van der Waals surface area contributed by atoms with E-state index in [1.54, 1.807) is 4.68 Å². The van der Waals surface area contributed by atoms with Gasteiger partial charge in [-0.3, -0.25) is 14.5 Å². The van der Waals surface area contributed by atoms with Crippen molar-refractivity contribution in [2.24, 2.45) is 5.92 Å². The number of ether oxygens (including phenoxy) is 1. The summed E-state index contributed by atoms with van der Waals surface area (Å²) >= 11 is 0. The van der Waals surface area contributed by atoms with Gasteiger partial charge in [-0.15, -0.1) is 5.10 Å². The molecule has 1 spiro atoms. The van der Waals surface area contributed by atoms with Crippen LogP contribution in [0.3, 0.4) is 0 Å². The number of aromatic nitrogens is 4. The fourth-order valence-electron chi connectivity index (χ4n) is 3.77. The minimum atomic E-state index is -0.875. The lowest BCUT2D eigenvalue weighted by molar-refractivity contribution is -0.149. The van der Waals surface area contributed by atoms with Crippen LogP contribution in [0.1, 0.15) is 58.2 Å². The number of unbranched alkanes of at least 4 members (excludes halogenated alkanes) is 1. The molecule has 148 valence electrons. The van der Waals surface area contributed by atoms with Crippen LogP contribution in [0.15, 0.2) is 0 Å². The molecule has 1 aliphatic heterocycles. The molecule has 1 saturated carbocycles. The highest BCUT2D eigenvalue weighted by Gasteiger charge is 2.55. The van der Waals surface area contributed by atoms with E-state index < -0.39 is 24.1 Å². The van der Waals surface area contributed by atoms with Crippen molar-refractivity contribution < 1.29 is 19.1 Å². The zero-order valence-electron chi connectivity index (χ0n) is 15.8. The van der Waals surface area contributed by atoms with Crippen molar-refractivity contribution in [2.75, 3.05) is 6.54 Å². The van der Waals surface area contributed by atoms with E-state index in [9.17, 15) is 14.4 Å². The Bertz CT molecular complexity index is 720. The molecule has 0 aromatic carbocycles. The van der Waals surface area contributed by atoms with Crippen LogP contribution in [-0.2, 0) is 27.5 Å². The number of urea groups is 1. The molecule has 0 radical (unpaired) electrons. The Morgan fingerprint density at radius 2 is 2.19 bits per heavy atom. The number of carbonyl (C=O) groups excluding carboxylic acids is 3. The quantitative estimate of drug-likeness (QED) is 0.555. The van der Waals surface area contributed by atoms with Crippen LogP contribution in [0.4, 0.5) is 4.79 Å². The molecule has 27 heavy (non-hydrogen) atoms. The molecule has 0 unspecified atom stereocenters. The number of rotatable bonds is 7. The van der Waals surface area contributed by atoms with E-state index in [-0.39, 0.29) is 18.4 Å². The number of hydrogen-bond donors (Lipinski definition) is 1. The van der Waals surface area contributed by atoms with Gasteiger partial charge in [0, 0.05) is 6.54 Å². The second-order valence-electron chi connectivity index (χ2n) is 7.27. The lowest BCUT2D eigenvalue weighted by atomic mass is 9.73. The van der Waals surface area contributed by atoms with Crippen molar-refractivity contribution in [3.05, 3.63) is 5.82 Å². The number of hydrogen-bond acceptors (Lipinski definition) is 7. The van der Waals surface area contributed by atoms with Crippen molar-refractivity contribution in [1.82, 2.24) is 30.4 Å². The van der Waals surface area contributed by atoms with E-state index in [1.165, 1.54) is 0 Å². The third kappa shape index (κ3) is 3.79. The summed E-state index contributed by atoms with van der Waals surface area (Å²) in [7, 11) is 0. The highest BCUT2D eigenvalue weighted by Crippen LogP contribution is 2.38. The molecular formula is C17H26N6O4. The Morgan fingerprint density at radius 3 is 2.93 bits per heavy atom. The van der Waals surface area contributed by atoms with E-state index in [0.717, 1.165) is 37.0 Å². The third-order valence-corrected chi connectivity index (χ3v) is 5.48. The molecule has 1 aromatic rings. The lowest BCUT2D eigenvalue weighted by Crippen LogP contribution is -2.54. The number of aryl methyl sites for hydroxylation is 1. The molecular weight excluding hydrogens is 352 g/mol. The SMILES string of the molecule is CCCCn1nnnc1COC(=O)CN1C(=O)N[C@]2(CCCC[C@H]2C)C1=O. The molecule has 2 heterocycles. The molecule has 1 aliphatic carbocycles. The Labute approximate surface area is 157 Å². The summed E-state index contributed by atoms with van der Waals surface area (Å²) in [6, 6.07) is -0.529. The minimum Gasteiger partial charge on any atom is -0.456 e. The summed E-state index contributed by atoms with van der Waals surface area (Å²) in [6.45, 7) is 4.16. The average Bonchev–Trinajstić information content (AvgIpc) is 3.19. The minimum absolute atomic E-state index is 0.0481. The van der Waals surface area contributed by atoms with Crippen molar-refractivity contribution in [3.63, 3.8) is 0 Å². The normalized spacial score (nSPS) is 25.1. The maximum atomic E-state index is 12.8. The van der Waals surface area contributed by atoms with Crippen molar-refractivity contribution in [1.29, 1.82) is 0 Å². The van der Waals surface area contributed by atoms with Gasteiger partial charge in [-0.2, -0.15) is 0 Å². The highest BCUT2D eigenvalue weighted by atomic mass is 16.5. The summed E-state index contributed by atoms with van der Waals surface area (Å²) in [4.78, 5) is 38.3. The number of nitrogens with one attached hydrogen (secondary N) is 1. The number of esters is 1. The summed E-state index contributed by atoms with van der Waals surface area (Å²) in [5.74, 6) is -0.508. The van der Waals surface area contributed by atoms with E-state index in [0.29, 0.717) is 18.8 Å². The Hall–Kier alpha value is -2.52. The fourth-order valence-corrected chi connectivity index (χ4v) is 3.77. The summed E-state index contributed by atoms with van der Waals surface area (Å²) < 4.78 is 6.78. The summed E-state index contributed by atoms with van der Waals surface area (Å²) in [5.41, 5.74) is -0.875. The molecule has 2 aliphatic rings. The van der Waals surface area contributed by atoms with Crippen molar-refractivity contribution in [3.8, 4) is 0 Å². The molecule has 3 rings (SSSR count). The predicted octanol–water partition coefficient (Wildman–Crippen LogP) is 1.02. The Morgan fingerprint density at radius 1 is 1.37 bits per heavy atom. The largest absolute Gasteiger partial charge is 0.456 e. The molecule has 2 atom stereocenters. The first kappa shape index (κ1) is 19.2. The molecule has 1 aromatic heterocycles. The topological polar surface area (TPSA) is 119 Å². The maximum absolute atomic E-state index is 12.8. The van der Waals surface area contributed by atoms with E-state index >= 15 is 0 Å². The van der Waals surface area contributed by atoms with Crippen LogP contribution in [-0.4, -0.2) is 55.1 Å². The van der Waals surface area contributed by atoms with E-state index in [4.69, 9.17) is 4.74 Å². The van der Waals surface area contributed by atoms with Crippen LogP contribution in [0, 0.1) is 5.92 Å². The van der Waals surface area contributed by atoms with Crippen molar-refractivity contribution >= 4 is 17.9 Å². The first-order valence-corrected chi connectivity index (χ1v) is 9.52. The summed E-state index contributed by atoms with van der Waals surface area (Å²) in [5, 5.41) is 14.1. The lowest BCUT2D eigenvalue weighted by Gasteiger charge is -2.36. The number of nitrogens with zero attached hydrogens (tertiary/aromatic N) is 5. The fraction of sp³-hybridized carbons (Fsp3) is 0.765. The van der Waals surface area contributed by atoms with Crippen LogP contribution < -0.4 is 5.32 Å². The van der Waals surface area contributed by atoms with Gasteiger partial charge in [0.25, 0.3) is 5.91 Å². The van der Waals surface area contributed by atoms with Gasteiger partial charge in [0.2, 0.25) is 0 Å². The first-order chi connectivity index (χ1) is 13.0. The van der Waals surface area contributed by atoms with Crippen LogP contribution in [0.5, 0.6) is 0 Å². The molecule has 3 amide bonds. The number of amides is 3. The van der Waals surface area contributed by atoms with Gasteiger partial charge >= 0.3 is 12.0 Å². The zero-order chi connectivity index (χ0) is 19.4. The smallest absolute Gasteiger partial charge is 0.326 e. The summed E-state index contributed by atoms with van der Waals surface area (Å²) in [6.07, 6.45) is 5.32. The van der Waals surface area contributed by atoms with Gasteiger partial charge in [0.1, 0.15) is 12.1 Å². The Kier molecular flexibility index (Phi) is 5.71. The molecule has 10 nitrogen and oxygen atoms in total. The average molecular weight is 378 g/mol. The molecule has 10 heteroatoms. The van der Waals surface area contributed by atoms with Gasteiger partial charge in [-0.25, -0.2) is 9.48 Å². The number of imide groups is 1. The van der Waals surface area contributed by atoms with E-state index in [1.807, 2.05) is 6.92 Å². The van der Waals surface area contributed by atoms with Gasteiger partial charge < -0.3 is 10.1 Å². The standard InChI is InChI=1S/C17H26N6O4/c1-3-4-9-23-13(19-20-21-23)11-27-14(24)10-22-15(25)17(18-16(22)26)8-6-5-7-12(17)2/h12H,3-11H2,1-2H3,(H,18,26)/t12-,17+/m1/s1. The predicted molar refractivity (Wildman–Crippen MR) is 93.1 cm³/mol. The number of carbonyl (C=O) groups is 3. The molecule has 1 saturated heterocycles. The first-order valence-electron chi connectivity index (χ1n) is 9.52. The van der Waals surface area contributed by atoms with Crippen LogP contribution >= 0.6 is 0 Å². The van der Waals surface area contributed by atoms with Gasteiger partial charge in [0.15, 0.2) is 12.4 Å². The van der Waals surface area contributed by atoms with Crippen LogP contribution in [0.2, 0.25) is 0 Å². The molecule has 0 bridgehead atoms. The van der Waals surface area contributed by atoms with Gasteiger partial charge in [0.05, 0.1) is 0 Å². The zero-order valence-corrected chi connectivity index (χ0v) is 15.8. The maximum Gasteiger partial charge on any atom is 0.326 e. The van der Waals surface area contributed by atoms with Crippen molar-refractivity contribution in [2.45, 2.75) is 71.1 Å². The van der Waals surface area contributed by atoms with Crippen LogP contribution in [0.25, 0.3) is 0 Å². The van der Waals surface area contributed by atoms with Gasteiger partial charge in [-0.1, -0.05) is 33.1 Å². The van der Waals surface area contributed by atoms with Gasteiger partial charge in [-0.05, 0) is 35.6 Å². The number of tetrazole rings is 1. The molecule has 1 N–H and O–H groups in total.